The summed E-state index contributed by atoms with van der Waals surface area (Å²) in [6.45, 7) is 8.43. The number of amides is 1. The van der Waals surface area contributed by atoms with Gasteiger partial charge in [0.25, 0.3) is 0 Å². The normalized spacial score (nSPS) is 19.7. The Kier molecular flexibility index (Phi) is 5.78. The number of hydrogen-bond acceptors (Lipinski definition) is 2. The first kappa shape index (κ1) is 16.4. The van der Waals surface area contributed by atoms with Crippen molar-refractivity contribution in [1.82, 2.24) is 5.32 Å². The molecule has 1 saturated carbocycles. The van der Waals surface area contributed by atoms with Crippen LogP contribution in [0.4, 0.5) is 0 Å². The van der Waals surface area contributed by atoms with Gasteiger partial charge in [0.05, 0.1) is 11.0 Å². The topological polar surface area (TPSA) is 55.1 Å². The van der Waals surface area contributed by atoms with Crippen molar-refractivity contribution in [2.24, 2.45) is 23.0 Å². The average molecular weight is 284 g/mol. The summed E-state index contributed by atoms with van der Waals surface area (Å²) in [4.78, 5) is 13.1. The molecule has 19 heavy (non-hydrogen) atoms. The molecule has 1 fully saturated rings. The lowest BCUT2D eigenvalue weighted by molar-refractivity contribution is -0.132. The summed E-state index contributed by atoms with van der Waals surface area (Å²) < 4.78 is 0. The van der Waals surface area contributed by atoms with Crippen LogP contribution in [0.5, 0.6) is 0 Å². The highest BCUT2D eigenvalue weighted by Gasteiger charge is 2.42. The SMILES string of the molecule is CC(C)CC1(C(=O)NC(C(N)=S)C(C)C)CCCC1. The van der Waals surface area contributed by atoms with Crippen LogP contribution in [-0.4, -0.2) is 16.9 Å². The van der Waals surface area contributed by atoms with E-state index in [1.54, 1.807) is 0 Å². The molecule has 0 saturated heterocycles. The van der Waals surface area contributed by atoms with Crippen LogP contribution in [0, 0.1) is 17.3 Å². The summed E-state index contributed by atoms with van der Waals surface area (Å²) in [6.07, 6.45) is 5.26. The Hall–Kier alpha value is -0.640. The molecular weight excluding hydrogens is 256 g/mol. The third-order valence-corrected chi connectivity index (χ3v) is 4.36. The first-order chi connectivity index (χ1) is 8.78. The van der Waals surface area contributed by atoms with Gasteiger partial charge in [-0.2, -0.15) is 0 Å². The number of nitrogens with two attached hydrogens (primary N) is 1. The van der Waals surface area contributed by atoms with Crippen molar-refractivity contribution in [2.75, 3.05) is 0 Å². The Morgan fingerprint density at radius 1 is 1.26 bits per heavy atom. The van der Waals surface area contributed by atoms with Crippen LogP contribution in [-0.2, 0) is 4.79 Å². The maximum Gasteiger partial charge on any atom is 0.226 e. The quantitative estimate of drug-likeness (QED) is 0.737. The fourth-order valence-corrected chi connectivity index (χ4v) is 3.55. The molecule has 4 heteroatoms. The van der Waals surface area contributed by atoms with Crippen LogP contribution >= 0.6 is 12.2 Å². The van der Waals surface area contributed by atoms with E-state index in [1.807, 2.05) is 13.8 Å². The Morgan fingerprint density at radius 3 is 2.16 bits per heavy atom. The van der Waals surface area contributed by atoms with Crippen LogP contribution in [0.2, 0.25) is 0 Å². The zero-order chi connectivity index (χ0) is 14.6. The van der Waals surface area contributed by atoms with Gasteiger partial charge in [0.1, 0.15) is 0 Å². The molecule has 110 valence electrons. The standard InChI is InChI=1S/C15H28N2OS/c1-10(2)9-15(7-5-6-8-15)14(18)17-12(11(3)4)13(16)19/h10-12H,5-9H2,1-4H3,(H2,16,19)(H,17,18). The van der Waals surface area contributed by atoms with E-state index in [2.05, 4.69) is 19.2 Å². The van der Waals surface area contributed by atoms with Gasteiger partial charge in [-0.25, -0.2) is 0 Å². The second-order valence-corrected chi connectivity index (χ2v) is 7.15. The van der Waals surface area contributed by atoms with Gasteiger partial charge >= 0.3 is 0 Å². The monoisotopic (exact) mass is 284 g/mol. The summed E-state index contributed by atoms with van der Waals surface area (Å²) >= 11 is 5.07. The molecule has 0 aromatic carbocycles. The number of carbonyl (C=O) groups excluding carboxylic acids is 1. The maximum atomic E-state index is 12.7. The van der Waals surface area contributed by atoms with Crippen LogP contribution in [0.3, 0.4) is 0 Å². The predicted octanol–water partition coefficient (Wildman–Crippen LogP) is 3.02. The van der Waals surface area contributed by atoms with Gasteiger partial charge in [0, 0.05) is 5.41 Å². The summed E-state index contributed by atoms with van der Waals surface area (Å²) in [6, 6.07) is -0.188. The molecule has 1 aliphatic carbocycles. The summed E-state index contributed by atoms with van der Waals surface area (Å²) in [5.74, 6) is 0.926. The molecule has 0 aromatic heterocycles. The van der Waals surface area contributed by atoms with Crippen LogP contribution in [0.1, 0.15) is 59.8 Å². The van der Waals surface area contributed by atoms with Gasteiger partial charge in [-0.15, -0.1) is 0 Å². The van der Waals surface area contributed by atoms with Gasteiger partial charge in [-0.1, -0.05) is 52.8 Å². The summed E-state index contributed by atoms with van der Waals surface area (Å²) in [7, 11) is 0. The van der Waals surface area contributed by atoms with Crippen molar-refractivity contribution in [2.45, 2.75) is 65.8 Å². The van der Waals surface area contributed by atoms with Gasteiger partial charge in [0.15, 0.2) is 0 Å². The van der Waals surface area contributed by atoms with Gasteiger partial charge in [0.2, 0.25) is 5.91 Å². The van der Waals surface area contributed by atoms with Crippen molar-refractivity contribution in [3.05, 3.63) is 0 Å². The van der Waals surface area contributed by atoms with E-state index in [1.165, 1.54) is 0 Å². The van der Waals surface area contributed by atoms with E-state index in [4.69, 9.17) is 18.0 Å². The highest BCUT2D eigenvalue weighted by molar-refractivity contribution is 7.80. The molecule has 1 aliphatic rings. The fraction of sp³-hybridized carbons (Fsp3) is 0.867. The van der Waals surface area contributed by atoms with Gasteiger partial charge < -0.3 is 11.1 Å². The Labute approximate surface area is 122 Å². The van der Waals surface area contributed by atoms with E-state index < -0.39 is 0 Å². The van der Waals surface area contributed by atoms with E-state index in [-0.39, 0.29) is 23.3 Å². The summed E-state index contributed by atoms with van der Waals surface area (Å²) in [5.41, 5.74) is 5.56. The Balaban J connectivity index is 2.80. The van der Waals surface area contributed by atoms with E-state index in [0.29, 0.717) is 10.9 Å². The minimum atomic E-state index is -0.188. The third kappa shape index (κ3) is 4.16. The fourth-order valence-electron chi connectivity index (χ4n) is 3.22. The van der Waals surface area contributed by atoms with Crippen LogP contribution in [0.25, 0.3) is 0 Å². The molecular formula is C15H28N2OS. The molecule has 3 nitrogen and oxygen atoms in total. The second-order valence-electron chi connectivity index (χ2n) is 6.68. The van der Waals surface area contributed by atoms with Crippen molar-refractivity contribution in [3.8, 4) is 0 Å². The number of hydrogen-bond donors (Lipinski definition) is 2. The zero-order valence-electron chi connectivity index (χ0n) is 12.7. The molecule has 0 spiro atoms. The molecule has 1 atom stereocenters. The minimum Gasteiger partial charge on any atom is -0.392 e. The average Bonchev–Trinajstić information content (AvgIpc) is 2.73. The maximum absolute atomic E-state index is 12.7. The number of rotatable bonds is 6. The highest BCUT2D eigenvalue weighted by Crippen LogP contribution is 2.43. The molecule has 0 radical (unpaired) electrons. The third-order valence-electron chi connectivity index (χ3n) is 4.10. The van der Waals surface area contributed by atoms with E-state index in [9.17, 15) is 4.79 Å². The van der Waals surface area contributed by atoms with Crippen molar-refractivity contribution in [3.63, 3.8) is 0 Å². The molecule has 3 N–H and O–H groups in total. The van der Waals surface area contributed by atoms with Crippen molar-refractivity contribution in [1.29, 1.82) is 0 Å². The summed E-state index contributed by atoms with van der Waals surface area (Å²) in [5, 5.41) is 3.10. The van der Waals surface area contributed by atoms with Crippen molar-refractivity contribution < 1.29 is 4.79 Å². The van der Waals surface area contributed by atoms with E-state index >= 15 is 0 Å². The Morgan fingerprint density at radius 2 is 1.79 bits per heavy atom. The molecule has 0 heterocycles. The molecule has 0 aromatic rings. The lowest BCUT2D eigenvalue weighted by Gasteiger charge is -2.32. The first-order valence-corrected chi connectivity index (χ1v) is 7.79. The molecule has 0 bridgehead atoms. The minimum absolute atomic E-state index is 0.158. The van der Waals surface area contributed by atoms with E-state index in [0.717, 1.165) is 32.1 Å². The number of thiocarbonyl (C=S) groups is 1. The lowest BCUT2D eigenvalue weighted by Crippen LogP contribution is -2.51. The van der Waals surface area contributed by atoms with Gasteiger partial charge in [-0.05, 0) is 31.1 Å². The molecule has 1 rings (SSSR count). The molecule has 0 aliphatic heterocycles. The van der Waals surface area contributed by atoms with Crippen molar-refractivity contribution >= 4 is 23.1 Å². The largest absolute Gasteiger partial charge is 0.392 e. The zero-order valence-corrected chi connectivity index (χ0v) is 13.5. The first-order valence-electron chi connectivity index (χ1n) is 7.39. The van der Waals surface area contributed by atoms with Crippen LogP contribution in [0.15, 0.2) is 0 Å². The highest BCUT2D eigenvalue weighted by atomic mass is 32.1. The van der Waals surface area contributed by atoms with Crippen LogP contribution < -0.4 is 11.1 Å². The number of nitrogens with one attached hydrogen (secondary N) is 1. The predicted molar refractivity (Wildman–Crippen MR) is 83.9 cm³/mol. The lowest BCUT2D eigenvalue weighted by atomic mass is 9.77. The Bertz CT molecular complexity index is 333. The molecule has 1 unspecified atom stereocenters. The number of carbonyl (C=O) groups is 1. The smallest absolute Gasteiger partial charge is 0.226 e. The molecule has 1 amide bonds. The second kappa shape index (κ2) is 6.69. The van der Waals surface area contributed by atoms with Gasteiger partial charge in [-0.3, -0.25) is 4.79 Å².